The quantitative estimate of drug-likeness (QED) is 0.0825. The molecule has 0 bridgehead atoms. The number of hydrogen-bond acceptors (Lipinski definition) is 12. The van der Waals surface area contributed by atoms with Crippen LogP contribution in [0.15, 0.2) is 60.7 Å². The number of rotatable bonds is 16. The molecule has 2 aromatic carbocycles. The normalized spacial score (nSPS) is 27.0. The molecule has 0 amide bonds. The lowest BCUT2D eigenvalue weighted by atomic mass is 10.1. The predicted octanol–water partition coefficient (Wildman–Crippen LogP) is 1.28. The minimum atomic E-state index is -3.44. The maximum absolute atomic E-state index is 11.5. The highest BCUT2D eigenvalue weighted by Crippen LogP contribution is 2.37. The molecule has 8 rings (SSSR count). The highest BCUT2D eigenvalue weighted by atomic mass is 32.2. The molecule has 13 nitrogen and oxygen atoms in total. The molecule has 6 N–H and O–H groups in total. The van der Waals surface area contributed by atoms with Gasteiger partial charge in [-0.15, -0.1) is 0 Å². The van der Waals surface area contributed by atoms with Crippen molar-refractivity contribution in [2.75, 3.05) is 81.7 Å². The Morgan fingerprint density at radius 3 is 1.23 bits per heavy atom. The summed E-state index contributed by atoms with van der Waals surface area (Å²) in [4.78, 5) is 0. The second kappa shape index (κ2) is 19.8. The summed E-state index contributed by atoms with van der Waals surface area (Å²) in [6.45, 7) is 14.2. The molecular weight excluding hydrogens is 843 g/mol. The Hall–Kier alpha value is -2.96. The summed E-state index contributed by atoms with van der Waals surface area (Å²) in [5, 5.41) is 25.4. The summed E-state index contributed by atoms with van der Waals surface area (Å²) in [5.41, 5.74) is 0. The van der Waals surface area contributed by atoms with Crippen LogP contribution in [0.5, 0.6) is 0 Å². The van der Waals surface area contributed by atoms with E-state index in [4.69, 9.17) is 8.61 Å². The van der Waals surface area contributed by atoms with E-state index in [0.717, 1.165) is 107 Å². The zero-order chi connectivity index (χ0) is 42.5. The highest BCUT2D eigenvalue weighted by Gasteiger charge is 2.51. The summed E-state index contributed by atoms with van der Waals surface area (Å²) in [6.07, 6.45) is 7.66. The van der Waals surface area contributed by atoms with Crippen molar-refractivity contribution >= 4 is 70.2 Å². The van der Waals surface area contributed by atoms with Gasteiger partial charge in [-0.25, -0.2) is 0 Å². The number of nitrogens with one attached hydrogen (secondary N) is 6. The Bertz CT molecular complexity index is 1980. The number of thioether (sulfide) groups is 2. The lowest BCUT2D eigenvalue weighted by Crippen LogP contribution is -2.68. The summed E-state index contributed by atoms with van der Waals surface area (Å²) >= 11 is 4.11. The van der Waals surface area contributed by atoms with Gasteiger partial charge in [0.05, 0.1) is 88.9 Å². The third-order valence-corrected chi connectivity index (χ3v) is 21.3. The standard InChI is InChI=1S/C44H67N9O4S3Si/c1-44(2,3)61(39-11-7-5-8-12-39,40-13-9-6-10-14-40)57-28-34-16-22-52-24-18-36(48-42(52)46-34)30-59-32-38-20-26-53-25-19-37(49-43(53)50-38)31-58-29-35-17-23-51-21-15-33(45-41(51)47-35)27-56-60(4,54)55/h5-14,33-38H,15-32H2,1-4H3,(H3,45,46,47,48,49,50)/p+3/t33-,34-,35-,36-,37-,38-/m1/s1. The van der Waals surface area contributed by atoms with E-state index in [1.807, 2.05) is 11.8 Å². The second-order valence-electron chi connectivity index (χ2n) is 18.8. The van der Waals surface area contributed by atoms with Crippen molar-refractivity contribution in [1.82, 2.24) is 31.9 Å². The molecule has 0 fully saturated rings. The first-order valence-corrected chi connectivity index (χ1v) is 28.6. The average molecular weight is 913 g/mol. The van der Waals surface area contributed by atoms with Crippen LogP contribution in [0.4, 0.5) is 0 Å². The number of hydrogen-bond donors (Lipinski definition) is 6. The van der Waals surface area contributed by atoms with E-state index in [2.05, 4.69) is 139 Å². The zero-order valence-corrected chi connectivity index (χ0v) is 40.1. The Morgan fingerprint density at radius 2 is 0.885 bits per heavy atom. The molecule has 6 aliphatic heterocycles. The molecule has 6 heterocycles. The van der Waals surface area contributed by atoms with Gasteiger partial charge in [0.1, 0.15) is 6.04 Å². The molecule has 0 saturated heterocycles. The van der Waals surface area contributed by atoms with Crippen LogP contribution in [-0.2, 0) is 18.7 Å². The van der Waals surface area contributed by atoms with E-state index in [-0.39, 0.29) is 23.7 Å². The Morgan fingerprint density at radius 1 is 0.557 bits per heavy atom. The Labute approximate surface area is 374 Å². The van der Waals surface area contributed by atoms with Gasteiger partial charge in [-0.05, 0) is 15.4 Å². The van der Waals surface area contributed by atoms with Crippen LogP contribution in [-0.4, -0.2) is 166 Å². The van der Waals surface area contributed by atoms with Crippen molar-refractivity contribution in [2.24, 2.45) is 0 Å². The fraction of sp³-hybridized carbons (Fsp3) is 0.659. The van der Waals surface area contributed by atoms with Crippen molar-refractivity contribution < 1.29 is 30.8 Å². The lowest BCUT2D eigenvalue weighted by molar-refractivity contribution is -0.542. The van der Waals surface area contributed by atoms with Crippen LogP contribution in [0.1, 0.15) is 59.3 Å². The van der Waals surface area contributed by atoms with Gasteiger partial charge in [-0.1, -0.05) is 81.4 Å². The van der Waals surface area contributed by atoms with Gasteiger partial charge < -0.3 is 4.43 Å². The Balaban J connectivity index is 0.760. The van der Waals surface area contributed by atoms with Crippen LogP contribution in [0.3, 0.4) is 0 Å². The molecule has 334 valence electrons. The zero-order valence-electron chi connectivity index (χ0n) is 36.7. The number of benzene rings is 2. The lowest BCUT2D eigenvalue weighted by Gasteiger charge is -2.44. The van der Waals surface area contributed by atoms with Crippen LogP contribution < -0.4 is 42.3 Å². The van der Waals surface area contributed by atoms with Gasteiger partial charge >= 0.3 is 17.9 Å². The molecule has 6 aliphatic rings. The first-order chi connectivity index (χ1) is 29.4. The fourth-order valence-electron chi connectivity index (χ4n) is 9.79. The van der Waals surface area contributed by atoms with Crippen LogP contribution in [0.25, 0.3) is 0 Å². The summed E-state index contributed by atoms with van der Waals surface area (Å²) in [6, 6.07) is 24.0. The van der Waals surface area contributed by atoms with Crippen molar-refractivity contribution in [2.45, 2.75) is 101 Å². The molecule has 61 heavy (non-hydrogen) atoms. The van der Waals surface area contributed by atoms with Crippen molar-refractivity contribution in [3.63, 3.8) is 0 Å². The summed E-state index contributed by atoms with van der Waals surface area (Å²) in [5.74, 6) is 7.77. The van der Waals surface area contributed by atoms with Crippen LogP contribution >= 0.6 is 23.5 Å². The molecule has 0 unspecified atom stereocenters. The summed E-state index contributed by atoms with van der Waals surface area (Å²) in [7, 11) is -6.03. The van der Waals surface area contributed by atoms with E-state index in [9.17, 15) is 8.42 Å². The summed E-state index contributed by atoms with van der Waals surface area (Å²) < 4.78 is 42.7. The third kappa shape index (κ3) is 11.2. The highest BCUT2D eigenvalue weighted by molar-refractivity contribution is 7.99. The van der Waals surface area contributed by atoms with E-state index in [1.54, 1.807) is 0 Å². The molecule has 0 saturated carbocycles. The SMILES string of the molecule is CC(C)(C)[Si](OC[C@H]1CC[N+]2=C(N1)N[C@@H](CSC[C@H]1CC[N+]3=C(N1)N[C@@H](CSC[C@H]1CC[N+]4=C(N[C@@H](COS(C)(=O)=O)CC4)N1)CC3)CC2)(c1ccccc1)c1ccccc1. The van der Waals surface area contributed by atoms with Gasteiger partial charge in [0.2, 0.25) is 0 Å². The van der Waals surface area contributed by atoms with Crippen molar-refractivity contribution in [3.8, 4) is 0 Å². The molecule has 2 aromatic rings. The number of guanidine groups is 3. The smallest absolute Gasteiger partial charge is 0.346 e. The first kappa shape index (κ1) is 44.6. The van der Waals surface area contributed by atoms with E-state index >= 15 is 0 Å². The maximum Gasteiger partial charge on any atom is 0.346 e. The molecular formula is C44H70N9O4S3Si+3. The van der Waals surface area contributed by atoms with Gasteiger partial charge in [-0.2, -0.15) is 31.9 Å². The van der Waals surface area contributed by atoms with Crippen LogP contribution in [0.2, 0.25) is 5.04 Å². The fourth-order valence-corrected chi connectivity index (χ4v) is 17.2. The van der Waals surface area contributed by atoms with E-state index in [0.29, 0.717) is 30.8 Å². The van der Waals surface area contributed by atoms with Gasteiger partial charge in [0.15, 0.2) is 0 Å². The van der Waals surface area contributed by atoms with Crippen molar-refractivity contribution in [1.29, 1.82) is 0 Å². The molecule has 0 spiro atoms. The maximum atomic E-state index is 11.5. The van der Waals surface area contributed by atoms with Gasteiger partial charge in [0.25, 0.3) is 18.4 Å². The van der Waals surface area contributed by atoms with E-state index < -0.39 is 18.4 Å². The third-order valence-electron chi connectivity index (χ3n) is 13.2. The molecule has 6 atom stereocenters. The van der Waals surface area contributed by atoms with Crippen LogP contribution in [0, 0.1) is 0 Å². The van der Waals surface area contributed by atoms with Gasteiger partial charge in [-0.3, -0.25) is 49.8 Å². The predicted molar refractivity (Wildman–Crippen MR) is 253 cm³/mol. The minimum Gasteiger partial charge on any atom is -0.404 e. The Kier molecular flexibility index (Phi) is 14.5. The molecule has 17 heteroatoms. The molecule has 0 aliphatic carbocycles. The van der Waals surface area contributed by atoms with Crippen molar-refractivity contribution in [3.05, 3.63) is 60.7 Å². The molecule has 0 aromatic heterocycles. The minimum absolute atomic E-state index is 0.00167. The largest absolute Gasteiger partial charge is 0.404 e. The number of nitrogens with zero attached hydrogens (tertiary/aromatic N) is 3. The van der Waals surface area contributed by atoms with Gasteiger partial charge in [0, 0.05) is 61.5 Å². The second-order valence-corrected chi connectivity index (χ2v) is 26.9. The molecule has 0 radical (unpaired) electrons. The first-order valence-electron chi connectivity index (χ1n) is 22.6. The topological polar surface area (TPSA) is 134 Å². The average Bonchev–Trinajstić information content (AvgIpc) is 3.25. The monoisotopic (exact) mass is 912 g/mol. The van der Waals surface area contributed by atoms with E-state index in [1.165, 1.54) is 28.7 Å².